The molecule has 1 saturated heterocycles. The molecule has 2 aromatic heterocycles. The first-order valence-corrected chi connectivity index (χ1v) is 13.3. The SMILES string of the molecule is CCn1c(=NC(=O)C2CCCN(S(=O)(=O)c3cccs3)C2)sc2c(C)ccc(OC)c21. The molecular formula is C21H25N3O4S3. The highest BCUT2D eigenvalue weighted by molar-refractivity contribution is 7.91. The Kier molecular flexibility index (Phi) is 6.34. The Morgan fingerprint density at radius 3 is 2.81 bits per heavy atom. The van der Waals surface area contributed by atoms with Crippen LogP contribution >= 0.6 is 22.7 Å². The maximum Gasteiger partial charge on any atom is 0.252 e. The molecule has 166 valence electrons. The van der Waals surface area contributed by atoms with Gasteiger partial charge in [0.15, 0.2) is 4.80 Å². The number of carbonyl (C=O) groups excluding carboxylic acids is 1. The van der Waals surface area contributed by atoms with Crippen molar-refractivity contribution < 1.29 is 17.9 Å². The van der Waals surface area contributed by atoms with Crippen LogP contribution < -0.4 is 9.54 Å². The van der Waals surface area contributed by atoms with Gasteiger partial charge in [-0.2, -0.15) is 9.30 Å². The quantitative estimate of drug-likeness (QED) is 0.560. The third-order valence-electron chi connectivity index (χ3n) is 5.55. The minimum absolute atomic E-state index is 0.169. The van der Waals surface area contributed by atoms with Crippen molar-refractivity contribution in [2.24, 2.45) is 10.9 Å². The Hall–Kier alpha value is -2.01. The van der Waals surface area contributed by atoms with Gasteiger partial charge in [0.25, 0.3) is 15.9 Å². The molecule has 0 radical (unpaired) electrons. The number of amides is 1. The maximum atomic E-state index is 13.1. The van der Waals surface area contributed by atoms with Gasteiger partial charge in [-0.15, -0.1) is 11.3 Å². The van der Waals surface area contributed by atoms with E-state index < -0.39 is 15.9 Å². The molecule has 1 aliphatic rings. The summed E-state index contributed by atoms with van der Waals surface area (Å²) in [4.78, 5) is 18.2. The predicted octanol–water partition coefficient (Wildman–Crippen LogP) is 3.63. The minimum atomic E-state index is -3.57. The highest BCUT2D eigenvalue weighted by atomic mass is 32.2. The van der Waals surface area contributed by atoms with Crippen LogP contribution in [0.25, 0.3) is 10.2 Å². The van der Waals surface area contributed by atoms with Crippen LogP contribution in [0.4, 0.5) is 0 Å². The number of methoxy groups -OCH3 is 1. The second-order valence-corrected chi connectivity index (χ2v) is 11.6. The van der Waals surface area contributed by atoms with Crippen molar-refractivity contribution in [1.29, 1.82) is 0 Å². The number of aryl methyl sites for hydroxylation is 2. The number of rotatable bonds is 5. The van der Waals surface area contributed by atoms with Crippen LogP contribution in [0.2, 0.25) is 0 Å². The smallest absolute Gasteiger partial charge is 0.252 e. The fourth-order valence-electron chi connectivity index (χ4n) is 3.91. The Balaban J connectivity index is 1.67. The molecule has 0 saturated carbocycles. The lowest BCUT2D eigenvalue weighted by atomic mass is 9.99. The predicted molar refractivity (Wildman–Crippen MR) is 123 cm³/mol. The molecular weight excluding hydrogens is 454 g/mol. The lowest BCUT2D eigenvalue weighted by Gasteiger charge is -2.29. The van der Waals surface area contributed by atoms with Gasteiger partial charge in [-0.05, 0) is 49.8 Å². The molecule has 1 fully saturated rings. The van der Waals surface area contributed by atoms with Crippen LogP contribution in [0.15, 0.2) is 38.8 Å². The molecule has 7 nitrogen and oxygen atoms in total. The maximum absolute atomic E-state index is 13.1. The zero-order chi connectivity index (χ0) is 22.2. The number of nitrogens with zero attached hydrogens (tertiary/aromatic N) is 3. The van der Waals surface area contributed by atoms with Crippen LogP contribution in [-0.2, 0) is 21.4 Å². The molecule has 1 unspecified atom stereocenters. The second kappa shape index (κ2) is 8.85. The van der Waals surface area contributed by atoms with Crippen molar-refractivity contribution in [3.63, 3.8) is 0 Å². The average Bonchev–Trinajstić information content (AvgIpc) is 3.43. The fourth-order valence-corrected chi connectivity index (χ4v) is 7.76. The van der Waals surface area contributed by atoms with E-state index in [4.69, 9.17) is 4.74 Å². The van der Waals surface area contributed by atoms with Crippen molar-refractivity contribution in [3.8, 4) is 5.75 Å². The summed E-state index contributed by atoms with van der Waals surface area (Å²) in [5.41, 5.74) is 2.04. The molecule has 31 heavy (non-hydrogen) atoms. The standard InChI is InChI=1S/C21H25N3O4S3/c1-4-24-18-16(28-3)10-9-14(2)19(18)30-21(24)22-20(25)15-7-5-11-23(13-15)31(26,27)17-8-6-12-29-17/h6,8-10,12,15H,4-5,7,11,13H2,1-3H3. The summed E-state index contributed by atoms with van der Waals surface area (Å²) < 4.78 is 36.1. The lowest BCUT2D eigenvalue weighted by Crippen LogP contribution is -2.42. The lowest BCUT2D eigenvalue weighted by molar-refractivity contribution is -0.122. The first-order chi connectivity index (χ1) is 14.9. The summed E-state index contributed by atoms with van der Waals surface area (Å²) in [5, 5.41) is 1.75. The number of thiophene rings is 1. The number of sulfonamides is 1. The molecule has 0 spiro atoms. The topological polar surface area (TPSA) is 81.0 Å². The third-order valence-corrected chi connectivity index (χ3v) is 10.0. The molecule has 0 bridgehead atoms. The summed E-state index contributed by atoms with van der Waals surface area (Å²) in [6.07, 6.45) is 1.28. The Labute approximate surface area is 189 Å². The molecule has 0 N–H and O–H groups in total. The second-order valence-electron chi connectivity index (χ2n) is 7.48. The van der Waals surface area contributed by atoms with Crippen molar-refractivity contribution in [2.75, 3.05) is 20.2 Å². The molecule has 0 aliphatic carbocycles. The average molecular weight is 480 g/mol. The number of ether oxygens (including phenoxy) is 1. The van der Waals surface area contributed by atoms with Crippen molar-refractivity contribution in [3.05, 3.63) is 40.0 Å². The summed E-state index contributed by atoms with van der Waals surface area (Å²) in [7, 11) is -1.93. The molecule has 3 aromatic rings. The van der Waals surface area contributed by atoms with Crippen molar-refractivity contribution in [1.82, 2.24) is 8.87 Å². The number of hydrogen-bond donors (Lipinski definition) is 0. The van der Waals surface area contributed by atoms with Crippen LogP contribution in [0.1, 0.15) is 25.3 Å². The number of fused-ring (bicyclic) bond motifs is 1. The van der Waals surface area contributed by atoms with Gasteiger partial charge in [0, 0.05) is 19.6 Å². The number of benzene rings is 1. The van der Waals surface area contributed by atoms with E-state index in [-0.39, 0.29) is 12.5 Å². The molecule has 1 atom stereocenters. The van der Waals surface area contributed by atoms with Gasteiger partial charge >= 0.3 is 0 Å². The molecule has 1 amide bonds. The number of carbonyl (C=O) groups is 1. The molecule has 1 aliphatic heterocycles. The van der Waals surface area contributed by atoms with E-state index >= 15 is 0 Å². The summed E-state index contributed by atoms with van der Waals surface area (Å²) in [6, 6.07) is 7.25. The highest BCUT2D eigenvalue weighted by Crippen LogP contribution is 2.31. The van der Waals surface area contributed by atoms with E-state index in [0.717, 1.165) is 21.5 Å². The minimum Gasteiger partial charge on any atom is -0.495 e. The van der Waals surface area contributed by atoms with E-state index in [1.807, 2.05) is 30.5 Å². The summed E-state index contributed by atoms with van der Waals surface area (Å²) >= 11 is 2.66. The number of thiazole rings is 1. The van der Waals surface area contributed by atoms with E-state index in [2.05, 4.69) is 4.99 Å². The van der Waals surface area contributed by atoms with Gasteiger partial charge < -0.3 is 9.30 Å². The van der Waals surface area contributed by atoms with Crippen LogP contribution in [0.5, 0.6) is 5.75 Å². The molecule has 3 heterocycles. The van der Waals surface area contributed by atoms with Crippen LogP contribution in [0, 0.1) is 12.8 Å². The van der Waals surface area contributed by atoms with E-state index in [1.54, 1.807) is 24.6 Å². The monoisotopic (exact) mass is 479 g/mol. The Morgan fingerprint density at radius 1 is 1.32 bits per heavy atom. The fraction of sp³-hybridized carbons (Fsp3) is 0.429. The zero-order valence-corrected chi connectivity index (χ0v) is 20.1. The number of piperidine rings is 1. The first-order valence-electron chi connectivity index (χ1n) is 10.2. The van der Waals surface area contributed by atoms with Gasteiger partial charge in [-0.1, -0.05) is 23.5 Å². The number of hydrogen-bond acceptors (Lipinski definition) is 6. The highest BCUT2D eigenvalue weighted by Gasteiger charge is 2.33. The first kappa shape index (κ1) is 22.2. The van der Waals surface area contributed by atoms with E-state index in [1.165, 1.54) is 27.0 Å². The Morgan fingerprint density at radius 2 is 2.13 bits per heavy atom. The van der Waals surface area contributed by atoms with Gasteiger partial charge in [0.2, 0.25) is 0 Å². The number of aromatic nitrogens is 1. The normalized spacial score (nSPS) is 18.5. The molecule has 10 heteroatoms. The molecule has 1 aromatic carbocycles. The third kappa shape index (κ3) is 4.09. The van der Waals surface area contributed by atoms with Gasteiger partial charge in [0.05, 0.1) is 17.7 Å². The van der Waals surface area contributed by atoms with Gasteiger partial charge in [-0.25, -0.2) is 8.42 Å². The van der Waals surface area contributed by atoms with Gasteiger partial charge in [-0.3, -0.25) is 4.79 Å². The zero-order valence-electron chi connectivity index (χ0n) is 17.7. The molecule has 4 rings (SSSR count). The largest absolute Gasteiger partial charge is 0.495 e. The van der Waals surface area contributed by atoms with Crippen molar-refractivity contribution in [2.45, 2.75) is 37.4 Å². The van der Waals surface area contributed by atoms with Crippen LogP contribution in [-0.4, -0.2) is 43.4 Å². The van der Waals surface area contributed by atoms with Crippen molar-refractivity contribution >= 4 is 48.8 Å². The summed E-state index contributed by atoms with van der Waals surface area (Å²) in [6.45, 7) is 5.28. The van der Waals surface area contributed by atoms with E-state index in [0.29, 0.717) is 34.9 Å². The van der Waals surface area contributed by atoms with Gasteiger partial charge in [0.1, 0.15) is 15.5 Å². The summed E-state index contributed by atoms with van der Waals surface area (Å²) in [5.74, 6) is 0.0388. The Bertz CT molecular complexity index is 1270. The van der Waals surface area contributed by atoms with E-state index in [9.17, 15) is 13.2 Å². The van der Waals surface area contributed by atoms with Crippen LogP contribution in [0.3, 0.4) is 0 Å².